The van der Waals surface area contributed by atoms with Crippen molar-refractivity contribution in [2.24, 2.45) is 0 Å². The summed E-state index contributed by atoms with van der Waals surface area (Å²) in [7, 11) is 0. The minimum atomic E-state index is -0.808. The zero-order valence-electron chi connectivity index (χ0n) is 10.4. The van der Waals surface area contributed by atoms with Crippen molar-refractivity contribution in [1.29, 1.82) is 0 Å². The van der Waals surface area contributed by atoms with Crippen LogP contribution in [0.3, 0.4) is 0 Å². The highest BCUT2D eigenvalue weighted by molar-refractivity contribution is 7.14. The first-order chi connectivity index (χ1) is 8.11. The molecule has 0 radical (unpaired) electrons. The molecular formula is C13H19NO2S. The molecule has 1 saturated carbocycles. The lowest BCUT2D eigenvalue weighted by Gasteiger charge is -2.20. The Morgan fingerprint density at radius 2 is 2.29 bits per heavy atom. The first-order valence-electron chi connectivity index (χ1n) is 6.18. The molecule has 94 valence electrons. The van der Waals surface area contributed by atoms with E-state index >= 15 is 0 Å². The van der Waals surface area contributed by atoms with Crippen molar-refractivity contribution in [2.75, 3.05) is 6.54 Å². The minimum Gasteiger partial charge on any atom is -0.477 e. The van der Waals surface area contributed by atoms with E-state index in [0.29, 0.717) is 4.88 Å². The summed E-state index contributed by atoms with van der Waals surface area (Å²) in [5.74, 6) is -0.808. The van der Waals surface area contributed by atoms with Crippen LogP contribution in [0.1, 0.15) is 46.3 Å². The quantitative estimate of drug-likeness (QED) is 0.846. The van der Waals surface area contributed by atoms with Crippen LogP contribution in [0.2, 0.25) is 0 Å². The molecule has 1 fully saturated rings. The van der Waals surface area contributed by atoms with Gasteiger partial charge in [0.25, 0.3) is 0 Å². The van der Waals surface area contributed by atoms with Gasteiger partial charge in [-0.3, -0.25) is 4.90 Å². The fraction of sp³-hybridized carbons (Fsp3) is 0.615. The molecule has 1 N–H and O–H groups in total. The molecule has 4 heteroatoms. The summed E-state index contributed by atoms with van der Waals surface area (Å²) < 4.78 is 0. The lowest BCUT2D eigenvalue weighted by atomic mass is 10.2. The van der Waals surface area contributed by atoms with Gasteiger partial charge in [-0.1, -0.05) is 6.92 Å². The van der Waals surface area contributed by atoms with E-state index in [1.807, 2.05) is 13.0 Å². The van der Waals surface area contributed by atoms with Gasteiger partial charge in [0.2, 0.25) is 0 Å². The molecular weight excluding hydrogens is 234 g/mol. The largest absolute Gasteiger partial charge is 0.477 e. The lowest BCUT2D eigenvalue weighted by Crippen LogP contribution is -2.26. The van der Waals surface area contributed by atoms with Crippen LogP contribution in [0.25, 0.3) is 0 Å². The third-order valence-corrected chi connectivity index (χ3v) is 4.26. The maximum Gasteiger partial charge on any atom is 0.345 e. The number of rotatable bonds is 6. The Bertz CT molecular complexity index is 410. The fourth-order valence-corrected chi connectivity index (χ4v) is 2.99. The maximum absolute atomic E-state index is 10.9. The van der Waals surface area contributed by atoms with Gasteiger partial charge in [0.05, 0.1) is 0 Å². The fourth-order valence-electron chi connectivity index (χ4n) is 2.12. The van der Waals surface area contributed by atoms with Crippen molar-refractivity contribution in [3.8, 4) is 0 Å². The normalized spacial score (nSPS) is 15.5. The van der Waals surface area contributed by atoms with Gasteiger partial charge in [0, 0.05) is 17.5 Å². The number of nitrogens with zero attached hydrogens (tertiary/aromatic N) is 1. The monoisotopic (exact) mass is 253 g/mol. The highest BCUT2D eigenvalue weighted by atomic mass is 32.1. The number of hydrogen-bond donors (Lipinski definition) is 1. The molecule has 1 aromatic rings. The number of aryl methyl sites for hydroxylation is 1. The van der Waals surface area contributed by atoms with Gasteiger partial charge in [-0.15, -0.1) is 11.3 Å². The van der Waals surface area contributed by atoms with Crippen molar-refractivity contribution in [1.82, 2.24) is 4.90 Å². The average molecular weight is 253 g/mol. The molecule has 1 aliphatic carbocycles. The zero-order valence-corrected chi connectivity index (χ0v) is 11.2. The van der Waals surface area contributed by atoms with Crippen molar-refractivity contribution in [3.63, 3.8) is 0 Å². The summed E-state index contributed by atoms with van der Waals surface area (Å²) in [6.45, 7) is 6.23. The van der Waals surface area contributed by atoms with E-state index in [2.05, 4.69) is 11.8 Å². The first kappa shape index (κ1) is 12.6. The Labute approximate surface area is 106 Å². The molecule has 0 aromatic carbocycles. The van der Waals surface area contributed by atoms with Crippen LogP contribution in [0, 0.1) is 6.92 Å². The van der Waals surface area contributed by atoms with Crippen molar-refractivity contribution in [3.05, 3.63) is 21.4 Å². The molecule has 2 rings (SSSR count). The third-order valence-electron chi connectivity index (χ3n) is 3.18. The zero-order chi connectivity index (χ0) is 12.4. The molecule has 3 nitrogen and oxygen atoms in total. The van der Waals surface area contributed by atoms with Crippen molar-refractivity contribution < 1.29 is 9.90 Å². The Morgan fingerprint density at radius 1 is 1.59 bits per heavy atom. The van der Waals surface area contributed by atoms with Crippen LogP contribution < -0.4 is 0 Å². The first-order valence-corrected chi connectivity index (χ1v) is 7.00. The summed E-state index contributed by atoms with van der Waals surface area (Å²) in [5, 5.41) is 8.98. The van der Waals surface area contributed by atoms with Crippen LogP contribution >= 0.6 is 11.3 Å². The summed E-state index contributed by atoms with van der Waals surface area (Å²) in [4.78, 5) is 15.0. The van der Waals surface area contributed by atoms with Gasteiger partial charge in [-0.05, 0) is 44.4 Å². The SMILES string of the molecule is CCCN(Cc1cc(C(=O)O)sc1C)C1CC1. The molecule has 0 aliphatic heterocycles. The molecule has 1 aromatic heterocycles. The van der Waals surface area contributed by atoms with Crippen LogP contribution in [0.15, 0.2) is 6.07 Å². The van der Waals surface area contributed by atoms with Gasteiger partial charge < -0.3 is 5.11 Å². The summed E-state index contributed by atoms with van der Waals surface area (Å²) >= 11 is 1.39. The van der Waals surface area contributed by atoms with Gasteiger partial charge in [0.15, 0.2) is 0 Å². The lowest BCUT2D eigenvalue weighted by molar-refractivity contribution is 0.0702. The van der Waals surface area contributed by atoms with Crippen LogP contribution in [-0.2, 0) is 6.54 Å². The van der Waals surface area contributed by atoms with E-state index in [9.17, 15) is 4.79 Å². The highest BCUT2D eigenvalue weighted by Crippen LogP contribution is 2.30. The molecule has 1 heterocycles. The molecule has 1 aliphatic rings. The third kappa shape index (κ3) is 3.07. The van der Waals surface area contributed by atoms with Crippen LogP contribution in [-0.4, -0.2) is 28.6 Å². The van der Waals surface area contributed by atoms with E-state index in [1.54, 1.807) is 0 Å². The number of carbonyl (C=O) groups is 1. The maximum atomic E-state index is 10.9. The molecule has 0 amide bonds. The van der Waals surface area contributed by atoms with E-state index in [0.717, 1.165) is 30.4 Å². The molecule has 0 atom stereocenters. The Balaban J connectivity index is 2.08. The predicted octanol–water partition coefficient (Wildman–Crippen LogP) is 3.13. The number of aromatic carboxylic acids is 1. The van der Waals surface area contributed by atoms with Crippen LogP contribution in [0.4, 0.5) is 0 Å². The number of thiophene rings is 1. The Hall–Kier alpha value is -0.870. The molecule has 0 spiro atoms. The van der Waals surface area contributed by atoms with Crippen LogP contribution in [0.5, 0.6) is 0 Å². The predicted molar refractivity (Wildman–Crippen MR) is 69.7 cm³/mol. The number of carboxylic acid groups (broad SMARTS) is 1. The summed E-state index contributed by atoms with van der Waals surface area (Å²) in [6, 6.07) is 2.58. The molecule has 0 bridgehead atoms. The molecule has 17 heavy (non-hydrogen) atoms. The second-order valence-corrected chi connectivity index (χ2v) is 5.96. The summed E-state index contributed by atoms with van der Waals surface area (Å²) in [6.07, 6.45) is 3.76. The average Bonchev–Trinajstić information content (AvgIpc) is 3.04. The number of hydrogen-bond acceptors (Lipinski definition) is 3. The molecule has 0 saturated heterocycles. The van der Waals surface area contributed by atoms with Gasteiger partial charge in [0.1, 0.15) is 4.88 Å². The van der Waals surface area contributed by atoms with E-state index in [1.165, 1.54) is 29.7 Å². The second kappa shape index (κ2) is 5.19. The van der Waals surface area contributed by atoms with E-state index in [4.69, 9.17) is 5.11 Å². The Morgan fingerprint density at radius 3 is 2.76 bits per heavy atom. The van der Waals surface area contributed by atoms with Gasteiger partial charge >= 0.3 is 5.97 Å². The molecule has 0 unspecified atom stereocenters. The topological polar surface area (TPSA) is 40.5 Å². The smallest absolute Gasteiger partial charge is 0.345 e. The van der Waals surface area contributed by atoms with E-state index in [-0.39, 0.29) is 0 Å². The van der Waals surface area contributed by atoms with Gasteiger partial charge in [-0.2, -0.15) is 0 Å². The van der Waals surface area contributed by atoms with Gasteiger partial charge in [-0.25, -0.2) is 4.79 Å². The highest BCUT2D eigenvalue weighted by Gasteiger charge is 2.28. The summed E-state index contributed by atoms with van der Waals surface area (Å²) in [5.41, 5.74) is 1.19. The van der Waals surface area contributed by atoms with Crippen molar-refractivity contribution in [2.45, 2.75) is 45.7 Å². The standard InChI is InChI=1S/C13H19NO2S/c1-3-6-14(11-4-5-11)8-10-7-12(13(15)16)17-9(10)2/h7,11H,3-6,8H2,1-2H3,(H,15,16). The second-order valence-electron chi connectivity index (χ2n) is 4.70. The Kier molecular flexibility index (Phi) is 3.84. The van der Waals surface area contributed by atoms with Crippen molar-refractivity contribution >= 4 is 17.3 Å². The number of carboxylic acids is 1. The van der Waals surface area contributed by atoms with E-state index < -0.39 is 5.97 Å². The minimum absolute atomic E-state index is 0.463.